The highest BCUT2D eigenvalue weighted by molar-refractivity contribution is 7.18. The Kier molecular flexibility index (Phi) is 4.83. The molecule has 142 valence electrons. The number of ketones is 1. The molecule has 1 unspecified atom stereocenters. The Hall–Kier alpha value is -3.56. The van der Waals surface area contributed by atoms with Gasteiger partial charge < -0.3 is 4.98 Å². The first-order valence-corrected chi connectivity index (χ1v) is 9.90. The van der Waals surface area contributed by atoms with Crippen LogP contribution < -0.4 is 5.56 Å². The van der Waals surface area contributed by atoms with Gasteiger partial charge in [-0.3, -0.25) is 9.59 Å². The molecule has 0 amide bonds. The van der Waals surface area contributed by atoms with Gasteiger partial charge in [0.25, 0.3) is 5.56 Å². The van der Waals surface area contributed by atoms with Crippen LogP contribution in [0.1, 0.15) is 32.5 Å². The molecule has 0 spiro atoms. The predicted molar refractivity (Wildman–Crippen MR) is 114 cm³/mol. The van der Waals surface area contributed by atoms with Crippen molar-refractivity contribution in [1.82, 2.24) is 9.97 Å². The zero-order chi connectivity index (χ0) is 20.5. The number of hydrogen-bond acceptors (Lipinski definition) is 5. The number of aryl methyl sites for hydroxylation is 2. The van der Waals surface area contributed by atoms with E-state index in [1.54, 1.807) is 12.1 Å². The molecule has 2 heterocycles. The molecule has 0 aliphatic rings. The van der Waals surface area contributed by atoms with E-state index in [1.807, 2.05) is 62.4 Å². The van der Waals surface area contributed by atoms with Crippen LogP contribution in [0.3, 0.4) is 0 Å². The third kappa shape index (κ3) is 3.37. The number of aromatic nitrogens is 2. The van der Waals surface area contributed by atoms with E-state index in [-0.39, 0.29) is 17.2 Å². The minimum Gasteiger partial charge on any atom is -0.308 e. The van der Waals surface area contributed by atoms with Crippen LogP contribution in [0.2, 0.25) is 0 Å². The fraction of sp³-hybridized carbons (Fsp3) is 0.130. The van der Waals surface area contributed by atoms with Crippen molar-refractivity contribution in [3.8, 4) is 17.2 Å². The van der Waals surface area contributed by atoms with Crippen molar-refractivity contribution in [1.29, 1.82) is 5.26 Å². The zero-order valence-electron chi connectivity index (χ0n) is 15.9. The lowest BCUT2D eigenvalue weighted by Crippen LogP contribution is -2.19. The SMILES string of the molecule is Cc1sc2nc(C(C#N)C(=O)c3ccc(-c4ccccc4)cc3)[nH]c(=O)c2c1C. The molecule has 2 aromatic carbocycles. The molecule has 0 bridgehead atoms. The second kappa shape index (κ2) is 7.46. The third-order valence-electron chi connectivity index (χ3n) is 5.00. The normalized spacial score (nSPS) is 11.9. The summed E-state index contributed by atoms with van der Waals surface area (Å²) in [4.78, 5) is 34.1. The first kappa shape index (κ1) is 18.8. The highest BCUT2D eigenvalue weighted by atomic mass is 32.1. The molecule has 29 heavy (non-hydrogen) atoms. The number of carbonyl (C=O) groups excluding carboxylic acids is 1. The number of nitrogens with one attached hydrogen (secondary N) is 1. The van der Waals surface area contributed by atoms with Gasteiger partial charge in [0.15, 0.2) is 11.7 Å². The minimum absolute atomic E-state index is 0.0865. The first-order chi connectivity index (χ1) is 14.0. The van der Waals surface area contributed by atoms with Gasteiger partial charge in [0.2, 0.25) is 0 Å². The van der Waals surface area contributed by atoms with Gasteiger partial charge in [-0.1, -0.05) is 54.6 Å². The van der Waals surface area contributed by atoms with E-state index < -0.39 is 5.92 Å². The Morgan fingerprint density at radius 2 is 1.72 bits per heavy atom. The van der Waals surface area contributed by atoms with Gasteiger partial charge in [0.1, 0.15) is 10.7 Å². The predicted octanol–water partition coefficient (Wildman–Crippen LogP) is 4.76. The summed E-state index contributed by atoms with van der Waals surface area (Å²) in [7, 11) is 0. The molecular formula is C23H17N3O2S. The van der Waals surface area contributed by atoms with Gasteiger partial charge in [0, 0.05) is 10.4 Å². The van der Waals surface area contributed by atoms with Gasteiger partial charge in [-0.25, -0.2) is 4.98 Å². The third-order valence-corrected chi connectivity index (χ3v) is 6.10. The average Bonchev–Trinajstić information content (AvgIpc) is 3.03. The Balaban J connectivity index is 1.70. The quantitative estimate of drug-likeness (QED) is 0.501. The van der Waals surface area contributed by atoms with E-state index in [2.05, 4.69) is 9.97 Å². The summed E-state index contributed by atoms with van der Waals surface area (Å²) in [6.07, 6.45) is 0. The molecule has 0 saturated carbocycles. The van der Waals surface area contributed by atoms with E-state index in [4.69, 9.17) is 0 Å². The van der Waals surface area contributed by atoms with E-state index in [9.17, 15) is 14.9 Å². The number of Topliss-reactive ketones (excluding diaryl/α,β-unsaturated/α-hetero) is 1. The van der Waals surface area contributed by atoms with Crippen molar-refractivity contribution in [3.63, 3.8) is 0 Å². The van der Waals surface area contributed by atoms with E-state index in [0.717, 1.165) is 21.6 Å². The van der Waals surface area contributed by atoms with Crippen LogP contribution in [0.5, 0.6) is 0 Å². The topological polar surface area (TPSA) is 86.6 Å². The lowest BCUT2D eigenvalue weighted by atomic mass is 9.96. The van der Waals surface area contributed by atoms with Gasteiger partial charge in [-0.05, 0) is 30.5 Å². The number of hydrogen-bond donors (Lipinski definition) is 1. The Morgan fingerprint density at radius 1 is 1.07 bits per heavy atom. The maximum atomic E-state index is 13.0. The molecule has 0 saturated heterocycles. The van der Waals surface area contributed by atoms with E-state index in [0.29, 0.717) is 15.8 Å². The molecule has 0 fully saturated rings. The minimum atomic E-state index is -1.17. The van der Waals surface area contributed by atoms with Crippen LogP contribution in [0.15, 0.2) is 59.4 Å². The average molecular weight is 399 g/mol. The number of H-pyrrole nitrogens is 1. The summed E-state index contributed by atoms with van der Waals surface area (Å²) in [6, 6.07) is 18.9. The molecule has 4 rings (SSSR count). The van der Waals surface area contributed by atoms with Crippen LogP contribution in [-0.2, 0) is 0 Å². The van der Waals surface area contributed by atoms with Crippen LogP contribution in [-0.4, -0.2) is 15.8 Å². The molecule has 2 aromatic heterocycles. The molecule has 4 aromatic rings. The Labute approximate surface area is 171 Å². The number of rotatable bonds is 4. The maximum absolute atomic E-state index is 13.0. The lowest BCUT2D eigenvalue weighted by molar-refractivity contribution is 0.0976. The van der Waals surface area contributed by atoms with Gasteiger partial charge in [-0.15, -0.1) is 11.3 Å². The molecule has 0 aliphatic carbocycles. The number of thiophene rings is 1. The molecular weight excluding hydrogens is 382 g/mol. The van der Waals surface area contributed by atoms with E-state index in [1.165, 1.54) is 11.3 Å². The Morgan fingerprint density at radius 3 is 2.38 bits per heavy atom. The number of aromatic amines is 1. The van der Waals surface area contributed by atoms with E-state index >= 15 is 0 Å². The second-order valence-corrected chi connectivity index (χ2v) is 7.99. The molecule has 6 heteroatoms. The zero-order valence-corrected chi connectivity index (χ0v) is 16.7. The van der Waals surface area contributed by atoms with Crippen molar-refractivity contribution in [2.24, 2.45) is 0 Å². The highest BCUT2D eigenvalue weighted by Gasteiger charge is 2.26. The number of carbonyl (C=O) groups is 1. The van der Waals surface area contributed by atoms with Gasteiger partial charge >= 0.3 is 0 Å². The molecule has 0 radical (unpaired) electrons. The molecule has 1 atom stereocenters. The molecule has 0 aliphatic heterocycles. The van der Waals surface area contributed by atoms with Crippen molar-refractivity contribution >= 4 is 27.3 Å². The standard InChI is InChI=1S/C23H17N3O2S/c1-13-14(2)29-23-19(13)22(28)25-21(26-23)18(12-24)20(27)17-10-8-16(9-11-17)15-6-4-3-5-7-15/h3-11,18H,1-2H3,(H,25,26,28). The summed E-state index contributed by atoms with van der Waals surface area (Å²) >= 11 is 1.39. The molecule has 5 nitrogen and oxygen atoms in total. The molecule has 1 N–H and O–H groups in total. The fourth-order valence-electron chi connectivity index (χ4n) is 3.28. The smallest absolute Gasteiger partial charge is 0.259 e. The largest absolute Gasteiger partial charge is 0.308 e. The summed E-state index contributed by atoms with van der Waals surface area (Å²) in [6.45, 7) is 3.79. The summed E-state index contributed by atoms with van der Waals surface area (Å²) < 4.78 is 0. The maximum Gasteiger partial charge on any atom is 0.259 e. The van der Waals surface area contributed by atoms with Gasteiger partial charge in [0.05, 0.1) is 11.5 Å². The summed E-state index contributed by atoms with van der Waals surface area (Å²) in [5.41, 5.74) is 2.98. The van der Waals surface area contributed by atoms with Crippen LogP contribution in [0.25, 0.3) is 21.3 Å². The van der Waals surface area contributed by atoms with Crippen molar-refractivity contribution in [3.05, 3.63) is 86.8 Å². The lowest BCUT2D eigenvalue weighted by Gasteiger charge is -2.09. The number of nitriles is 1. The van der Waals surface area contributed by atoms with Crippen LogP contribution in [0.4, 0.5) is 0 Å². The van der Waals surface area contributed by atoms with Gasteiger partial charge in [-0.2, -0.15) is 5.26 Å². The number of fused-ring (bicyclic) bond motifs is 1. The van der Waals surface area contributed by atoms with Crippen LogP contribution in [0, 0.1) is 25.2 Å². The van der Waals surface area contributed by atoms with Crippen molar-refractivity contribution < 1.29 is 4.79 Å². The Bertz CT molecular complexity index is 1310. The highest BCUT2D eigenvalue weighted by Crippen LogP contribution is 2.28. The monoisotopic (exact) mass is 399 g/mol. The number of benzene rings is 2. The fourth-order valence-corrected chi connectivity index (χ4v) is 4.31. The number of nitrogens with zero attached hydrogens (tertiary/aromatic N) is 2. The first-order valence-electron chi connectivity index (χ1n) is 9.09. The summed E-state index contributed by atoms with van der Waals surface area (Å²) in [5, 5.41) is 10.2. The van der Waals surface area contributed by atoms with Crippen LogP contribution >= 0.6 is 11.3 Å². The van der Waals surface area contributed by atoms with Crippen molar-refractivity contribution in [2.75, 3.05) is 0 Å². The summed E-state index contributed by atoms with van der Waals surface area (Å²) in [5.74, 6) is -1.47. The second-order valence-electron chi connectivity index (χ2n) is 6.78. The van der Waals surface area contributed by atoms with Crippen molar-refractivity contribution in [2.45, 2.75) is 19.8 Å².